The van der Waals surface area contributed by atoms with Gasteiger partial charge in [-0.2, -0.15) is 5.10 Å². The van der Waals surface area contributed by atoms with Gasteiger partial charge in [-0.1, -0.05) is 37.4 Å². The minimum Gasteiger partial charge on any atom is -0.369 e. The van der Waals surface area contributed by atoms with Crippen LogP contribution in [0.15, 0.2) is 27.5 Å². The Morgan fingerprint density at radius 2 is 2.15 bits per heavy atom. The molecule has 176 valence electrons. The van der Waals surface area contributed by atoms with Crippen LogP contribution in [0.4, 0.5) is 5.82 Å². The molecule has 3 aromatic rings. The zero-order valence-corrected chi connectivity index (χ0v) is 20.8. The van der Waals surface area contributed by atoms with Crippen LogP contribution < -0.4 is 16.2 Å². The van der Waals surface area contributed by atoms with Gasteiger partial charge in [0.05, 0.1) is 24.2 Å². The third kappa shape index (κ3) is 5.16. The van der Waals surface area contributed by atoms with Crippen molar-refractivity contribution in [1.29, 1.82) is 0 Å². The monoisotopic (exact) mass is 488 g/mol. The van der Waals surface area contributed by atoms with Gasteiger partial charge in [-0.05, 0) is 19.1 Å². The van der Waals surface area contributed by atoms with E-state index >= 15 is 0 Å². The predicted molar refractivity (Wildman–Crippen MR) is 131 cm³/mol. The maximum Gasteiger partial charge on any atom is 0.257 e. The van der Waals surface area contributed by atoms with Crippen LogP contribution in [0.1, 0.15) is 31.9 Å². The standard InChI is InChI=1S/C21H28N8O2S2/c1-12(2)8-23-17-15-10-25-28(18(15)27-20(26-17)32-4)6-5-22-16(30)7-14-11-33-21-24-9-13(3)19(31)29(14)21/h9-10,12,14H,5-8,11H2,1-4H3,(H,22,30)(H,23,26,27). The summed E-state index contributed by atoms with van der Waals surface area (Å²) in [5.41, 5.74) is 1.26. The molecule has 0 fully saturated rings. The number of carbonyl (C=O) groups is 1. The molecule has 1 atom stereocenters. The van der Waals surface area contributed by atoms with Gasteiger partial charge in [-0.25, -0.2) is 19.6 Å². The van der Waals surface area contributed by atoms with Gasteiger partial charge in [0.1, 0.15) is 5.82 Å². The van der Waals surface area contributed by atoms with Crippen molar-refractivity contribution >= 4 is 46.3 Å². The molecule has 4 heterocycles. The summed E-state index contributed by atoms with van der Waals surface area (Å²) in [7, 11) is 0. The molecule has 33 heavy (non-hydrogen) atoms. The number of fused-ring (bicyclic) bond motifs is 2. The molecule has 10 nitrogen and oxygen atoms in total. The number of nitrogens with zero attached hydrogens (tertiary/aromatic N) is 6. The van der Waals surface area contributed by atoms with Crippen molar-refractivity contribution in [3.05, 3.63) is 28.3 Å². The van der Waals surface area contributed by atoms with E-state index in [-0.39, 0.29) is 23.9 Å². The maximum absolute atomic E-state index is 12.6. The Bertz CT molecular complexity index is 1220. The Morgan fingerprint density at radius 1 is 1.33 bits per heavy atom. The summed E-state index contributed by atoms with van der Waals surface area (Å²) >= 11 is 2.99. The number of hydrogen-bond acceptors (Lipinski definition) is 9. The van der Waals surface area contributed by atoms with Crippen molar-refractivity contribution in [3.63, 3.8) is 0 Å². The second-order valence-corrected chi connectivity index (χ2v) is 10.1. The number of hydrogen-bond donors (Lipinski definition) is 2. The molecule has 1 aliphatic rings. The SMILES string of the molecule is CSc1nc(NCC(C)C)c2cnn(CCNC(=O)CC3CSc4ncc(C)c(=O)n43)c2n1. The predicted octanol–water partition coefficient (Wildman–Crippen LogP) is 2.33. The highest BCUT2D eigenvalue weighted by Crippen LogP contribution is 2.31. The van der Waals surface area contributed by atoms with Crippen LogP contribution in [0.25, 0.3) is 11.0 Å². The number of carbonyl (C=O) groups excluding carboxylic acids is 1. The first-order valence-corrected chi connectivity index (χ1v) is 13.1. The van der Waals surface area contributed by atoms with Gasteiger partial charge in [0, 0.05) is 37.0 Å². The molecule has 0 aliphatic carbocycles. The van der Waals surface area contributed by atoms with E-state index in [4.69, 9.17) is 0 Å². The zero-order chi connectivity index (χ0) is 23.5. The Labute approximate surface area is 200 Å². The summed E-state index contributed by atoms with van der Waals surface area (Å²) in [5, 5.41) is 13.0. The van der Waals surface area contributed by atoms with Crippen LogP contribution in [0, 0.1) is 12.8 Å². The highest BCUT2D eigenvalue weighted by atomic mass is 32.2. The average Bonchev–Trinajstić information content (AvgIpc) is 3.39. The Morgan fingerprint density at radius 3 is 2.91 bits per heavy atom. The first kappa shape index (κ1) is 23.6. The number of nitrogens with one attached hydrogen (secondary N) is 2. The summed E-state index contributed by atoms with van der Waals surface area (Å²) in [6.07, 6.45) is 5.54. The molecular formula is C21H28N8O2S2. The minimum absolute atomic E-state index is 0.0722. The normalized spacial score (nSPS) is 15.2. The largest absolute Gasteiger partial charge is 0.369 e. The Kier molecular flexibility index (Phi) is 7.23. The summed E-state index contributed by atoms with van der Waals surface area (Å²) in [6.45, 7) is 7.74. The third-order valence-electron chi connectivity index (χ3n) is 5.30. The highest BCUT2D eigenvalue weighted by molar-refractivity contribution is 7.99. The molecule has 0 bridgehead atoms. The number of thioether (sulfide) groups is 2. The van der Waals surface area contributed by atoms with E-state index in [1.807, 2.05) is 6.26 Å². The number of aromatic nitrogens is 6. The molecule has 4 rings (SSSR count). The van der Waals surface area contributed by atoms with Crippen molar-refractivity contribution in [3.8, 4) is 0 Å². The van der Waals surface area contributed by atoms with Gasteiger partial charge in [-0.3, -0.25) is 14.2 Å². The smallest absolute Gasteiger partial charge is 0.257 e. The molecule has 2 N–H and O–H groups in total. The summed E-state index contributed by atoms with van der Waals surface area (Å²) in [4.78, 5) is 38.5. The van der Waals surface area contributed by atoms with Crippen molar-refractivity contribution in [2.45, 2.75) is 50.1 Å². The van der Waals surface area contributed by atoms with Crippen LogP contribution in [-0.2, 0) is 11.3 Å². The Balaban J connectivity index is 1.40. The molecule has 0 spiro atoms. The second kappa shape index (κ2) is 10.1. The van der Waals surface area contributed by atoms with Gasteiger partial charge >= 0.3 is 0 Å². The summed E-state index contributed by atoms with van der Waals surface area (Å²) in [6, 6.07) is -0.179. The van der Waals surface area contributed by atoms with E-state index in [1.165, 1.54) is 23.5 Å². The van der Waals surface area contributed by atoms with Gasteiger partial charge in [0.15, 0.2) is 16.0 Å². The molecule has 1 aliphatic heterocycles. The highest BCUT2D eigenvalue weighted by Gasteiger charge is 2.27. The fourth-order valence-electron chi connectivity index (χ4n) is 3.58. The van der Waals surface area contributed by atoms with E-state index in [1.54, 1.807) is 28.6 Å². The van der Waals surface area contributed by atoms with Crippen LogP contribution in [0.3, 0.4) is 0 Å². The van der Waals surface area contributed by atoms with Gasteiger partial charge in [0.25, 0.3) is 5.56 Å². The van der Waals surface area contributed by atoms with E-state index in [2.05, 4.69) is 44.5 Å². The van der Waals surface area contributed by atoms with Gasteiger partial charge in [0.2, 0.25) is 5.91 Å². The van der Waals surface area contributed by atoms with Crippen molar-refractivity contribution in [2.75, 3.05) is 30.4 Å². The van der Waals surface area contributed by atoms with Crippen molar-refractivity contribution in [2.24, 2.45) is 5.92 Å². The molecular weight excluding hydrogens is 460 g/mol. The lowest BCUT2D eigenvalue weighted by molar-refractivity contribution is -0.121. The lowest BCUT2D eigenvalue weighted by Gasteiger charge is -2.14. The molecule has 1 unspecified atom stereocenters. The topological polar surface area (TPSA) is 120 Å². The van der Waals surface area contributed by atoms with Gasteiger partial charge in [-0.15, -0.1) is 0 Å². The number of anilines is 1. The van der Waals surface area contributed by atoms with Crippen LogP contribution >= 0.6 is 23.5 Å². The van der Waals surface area contributed by atoms with E-state index in [0.717, 1.165) is 23.4 Å². The molecule has 3 aromatic heterocycles. The van der Waals surface area contributed by atoms with Gasteiger partial charge < -0.3 is 10.6 Å². The molecule has 0 saturated carbocycles. The van der Waals surface area contributed by atoms with E-state index in [0.29, 0.717) is 40.6 Å². The quantitative estimate of drug-likeness (QED) is 0.345. The number of aryl methyl sites for hydroxylation is 1. The number of amides is 1. The average molecular weight is 489 g/mol. The maximum atomic E-state index is 12.6. The van der Waals surface area contributed by atoms with Crippen LogP contribution in [-0.4, -0.2) is 60.3 Å². The van der Waals surface area contributed by atoms with E-state index < -0.39 is 0 Å². The van der Waals surface area contributed by atoms with Crippen molar-refractivity contribution < 1.29 is 4.79 Å². The lowest BCUT2D eigenvalue weighted by atomic mass is 10.2. The molecule has 0 radical (unpaired) electrons. The Hall–Kier alpha value is -2.60. The summed E-state index contributed by atoms with van der Waals surface area (Å²) in [5.74, 6) is 1.83. The molecule has 12 heteroatoms. The van der Waals surface area contributed by atoms with E-state index in [9.17, 15) is 9.59 Å². The number of rotatable bonds is 9. The fourth-order valence-corrected chi connectivity index (χ4v) is 5.05. The van der Waals surface area contributed by atoms with Crippen LogP contribution in [0.5, 0.6) is 0 Å². The third-order valence-corrected chi connectivity index (χ3v) is 6.96. The lowest BCUT2D eigenvalue weighted by Crippen LogP contribution is -2.32. The molecule has 1 amide bonds. The van der Waals surface area contributed by atoms with Crippen molar-refractivity contribution in [1.82, 2.24) is 34.6 Å². The second-order valence-electron chi connectivity index (χ2n) is 8.36. The molecule has 0 saturated heterocycles. The first-order chi connectivity index (χ1) is 15.9. The minimum atomic E-state index is -0.179. The first-order valence-electron chi connectivity index (χ1n) is 10.9. The van der Waals surface area contributed by atoms with Crippen LogP contribution in [0.2, 0.25) is 0 Å². The zero-order valence-electron chi connectivity index (χ0n) is 19.2. The fraction of sp³-hybridized carbons (Fsp3) is 0.524. The summed E-state index contributed by atoms with van der Waals surface area (Å²) < 4.78 is 3.43. The molecule has 0 aromatic carbocycles.